The van der Waals surface area contributed by atoms with Gasteiger partial charge in [-0.15, -0.1) is 0 Å². The van der Waals surface area contributed by atoms with Crippen LogP contribution in [0.2, 0.25) is 0 Å². The number of hydrogen-bond acceptors (Lipinski definition) is 6. The zero-order valence-corrected chi connectivity index (χ0v) is 20.2. The SMILES string of the molecule is CCC(O)CC(C)(C)O.CCCC(C)(CO)CO.CCCCC(CC)(CO)CO. The molecular formula is C23H52O6. The third kappa shape index (κ3) is 19.5. The smallest absolute Gasteiger partial charge is 0.0616 e. The highest BCUT2D eigenvalue weighted by Crippen LogP contribution is 2.27. The predicted octanol–water partition coefficient (Wildman–Crippen LogP) is 3.25. The fourth-order valence-corrected chi connectivity index (χ4v) is 2.69. The molecule has 6 N–H and O–H groups in total. The van der Waals surface area contributed by atoms with E-state index in [1.807, 2.05) is 27.7 Å². The van der Waals surface area contributed by atoms with Crippen molar-refractivity contribution in [2.24, 2.45) is 10.8 Å². The van der Waals surface area contributed by atoms with Crippen LogP contribution in [-0.4, -0.2) is 68.8 Å². The van der Waals surface area contributed by atoms with Gasteiger partial charge in [0.15, 0.2) is 0 Å². The van der Waals surface area contributed by atoms with Gasteiger partial charge in [-0.3, -0.25) is 0 Å². The van der Waals surface area contributed by atoms with Crippen LogP contribution in [0, 0.1) is 10.8 Å². The molecule has 0 aromatic carbocycles. The molecule has 0 saturated carbocycles. The van der Waals surface area contributed by atoms with Gasteiger partial charge in [-0.05, 0) is 39.5 Å². The lowest BCUT2D eigenvalue weighted by atomic mass is 9.82. The number of rotatable bonds is 13. The third-order valence-electron chi connectivity index (χ3n) is 5.30. The molecule has 0 radical (unpaired) electrons. The maximum atomic E-state index is 9.16. The molecule has 0 fully saturated rings. The van der Waals surface area contributed by atoms with Gasteiger partial charge in [0.25, 0.3) is 0 Å². The van der Waals surface area contributed by atoms with Gasteiger partial charge in [-0.25, -0.2) is 0 Å². The first-order chi connectivity index (χ1) is 13.4. The van der Waals surface area contributed by atoms with Gasteiger partial charge in [0.2, 0.25) is 0 Å². The van der Waals surface area contributed by atoms with Gasteiger partial charge in [-0.2, -0.15) is 0 Å². The van der Waals surface area contributed by atoms with Gasteiger partial charge >= 0.3 is 0 Å². The van der Waals surface area contributed by atoms with Crippen molar-refractivity contribution in [3.63, 3.8) is 0 Å². The van der Waals surface area contributed by atoms with Crippen molar-refractivity contribution in [2.45, 2.75) is 112 Å². The second-order valence-corrected chi connectivity index (χ2v) is 9.23. The molecule has 180 valence electrons. The highest BCUT2D eigenvalue weighted by molar-refractivity contribution is 4.75. The van der Waals surface area contributed by atoms with E-state index in [0.717, 1.165) is 38.5 Å². The molecule has 0 rings (SSSR count). The predicted molar refractivity (Wildman–Crippen MR) is 121 cm³/mol. The number of hydrogen-bond donors (Lipinski definition) is 6. The molecule has 1 atom stereocenters. The van der Waals surface area contributed by atoms with E-state index < -0.39 is 5.60 Å². The molecule has 0 aliphatic rings. The highest BCUT2D eigenvalue weighted by atomic mass is 16.3. The molecule has 0 aliphatic carbocycles. The van der Waals surface area contributed by atoms with E-state index in [9.17, 15) is 0 Å². The van der Waals surface area contributed by atoms with E-state index in [-0.39, 0.29) is 43.4 Å². The van der Waals surface area contributed by atoms with Crippen LogP contribution in [0.1, 0.15) is 99.8 Å². The highest BCUT2D eigenvalue weighted by Gasteiger charge is 2.25. The summed E-state index contributed by atoms with van der Waals surface area (Å²) in [6.07, 6.45) is 6.74. The Hall–Kier alpha value is -0.240. The minimum atomic E-state index is -0.727. The summed E-state index contributed by atoms with van der Waals surface area (Å²) in [5.74, 6) is 0. The second-order valence-electron chi connectivity index (χ2n) is 9.23. The van der Waals surface area contributed by atoms with Crippen LogP contribution in [-0.2, 0) is 0 Å². The second kappa shape index (κ2) is 18.5. The Bertz CT molecular complexity index is 324. The van der Waals surface area contributed by atoms with Crippen LogP contribution >= 0.6 is 0 Å². The Kier molecular flexibility index (Phi) is 21.3. The summed E-state index contributed by atoms with van der Waals surface area (Å²) >= 11 is 0. The lowest BCUT2D eigenvalue weighted by molar-refractivity contribution is 0.0175. The molecule has 0 amide bonds. The first-order valence-corrected chi connectivity index (χ1v) is 11.2. The maximum Gasteiger partial charge on any atom is 0.0616 e. The number of aliphatic hydroxyl groups excluding tert-OH is 5. The molecule has 0 spiro atoms. The first-order valence-electron chi connectivity index (χ1n) is 11.2. The lowest BCUT2D eigenvalue weighted by Gasteiger charge is -2.27. The van der Waals surface area contributed by atoms with Crippen molar-refractivity contribution < 1.29 is 30.6 Å². The van der Waals surface area contributed by atoms with Crippen LogP contribution in [0.3, 0.4) is 0 Å². The van der Waals surface area contributed by atoms with Gasteiger partial charge in [-0.1, -0.05) is 53.9 Å². The van der Waals surface area contributed by atoms with Crippen molar-refractivity contribution in [3.05, 3.63) is 0 Å². The molecule has 0 aromatic heterocycles. The third-order valence-corrected chi connectivity index (χ3v) is 5.30. The molecule has 1 unspecified atom stereocenters. The Morgan fingerprint density at radius 3 is 1.38 bits per heavy atom. The average molecular weight is 425 g/mol. The minimum absolute atomic E-state index is 0.0807. The minimum Gasteiger partial charge on any atom is -0.396 e. The van der Waals surface area contributed by atoms with Crippen LogP contribution in [0.15, 0.2) is 0 Å². The summed E-state index contributed by atoms with van der Waals surface area (Å²) in [6.45, 7) is 13.8. The molecule has 0 saturated heterocycles. The first kappa shape index (κ1) is 33.4. The van der Waals surface area contributed by atoms with Crippen molar-refractivity contribution in [3.8, 4) is 0 Å². The van der Waals surface area contributed by atoms with Crippen molar-refractivity contribution in [1.29, 1.82) is 0 Å². The Morgan fingerprint density at radius 2 is 1.21 bits per heavy atom. The lowest BCUT2D eigenvalue weighted by Crippen LogP contribution is -2.28. The molecule has 0 bridgehead atoms. The Balaban J connectivity index is -0.000000352. The van der Waals surface area contributed by atoms with E-state index in [1.165, 1.54) is 0 Å². The summed E-state index contributed by atoms with van der Waals surface area (Å²) in [5.41, 5.74) is -1.19. The van der Waals surface area contributed by atoms with E-state index >= 15 is 0 Å². The van der Waals surface area contributed by atoms with Crippen molar-refractivity contribution in [1.82, 2.24) is 0 Å². The van der Waals surface area contributed by atoms with E-state index in [1.54, 1.807) is 13.8 Å². The Morgan fingerprint density at radius 1 is 0.724 bits per heavy atom. The largest absolute Gasteiger partial charge is 0.396 e. The topological polar surface area (TPSA) is 121 Å². The summed E-state index contributed by atoms with van der Waals surface area (Å²) in [4.78, 5) is 0. The monoisotopic (exact) mass is 424 g/mol. The summed E-state index contributed by atoms with van der Waals surface area (Å²) in [7, 11) is 0. The van der Waals surface area contributed by atoms with Gasteiger partial charge in [0.05, 0.1) is 38.1 Å². The van der Waals surface area contributed by atoms with Gasteiger partial charge in [0.1, 0.15) is 0 Å². The fraction of sp³-hybridized carbons (Fsp3) is 1.00. The molecule has 0 aliphatic heterocycles. The van der Waals surface area contributed by atoms with Crippen molar-refractivity contribution in [2.75, 3.05) is 26.4 Å². The van der Waals surface area contributed by atoms with Gasteiger partial charge in [0, 0.05) is 17.3 Å². The molecule has 6 nitrogen and oxygen atoms in total. The molecule has 0 heterocycles. The molecular weight excluding hydrogens is 372 g/mol. The van der Waals surface area contributed by atoms with Gasteiger partial charge < -0.3 is 30.6 Å². The summed E-state index contributed by atoms with van der Waals surface area (Å²) < 4.78 is 0. The summed E-state index contributed by atoms with van der Waals surface area (Å²) in [5, 5.41) is 53.8. The van der Waals surface area contributed by atoms with Crippen LogP contribution in [0.25, 0.3) is 0 Å². The number of unbranched alkanes of at least 4 members (excludes halogenated alkanes) is 1. The molecule has 6 heteroatoms. The average Bonchev–Trinajstić information content (AvgIpc) is 2.69. The maximum absolute atomic E-state index is 9.16. The normalized spacial score (nSPS) is 13.1. The van der Waals surface area contributed by atoms with Crippen LogP contribution in [0.5, 0.6) is 0 Å². The Labute approximate surface area is 180 Å². The zero-order valence-electron chi connectivity index (χ0n) is 20.2. The van der Waals surface area contributed by atoms with Crippen LogP contribution in [0.4, 0.5) is 0 Å². The standard InChI is InChI=1S/C9H20O2.2C7H16O2/c1-3-5-6-9(4-2,7-10)8-11;1-4-6(8)5-7(2,3)9;1-3-4-7(2,5-8)6-9/h10-11H,3-8H2,1-2H3;6,8-9H,4-5H2,1-3H3;8-9H,3-6H2,1-2H3. The quantitative estimate of drug-likeness (QED) is 0.270. The van der Waals surface area contributed by atoms with Crippen LogP contribution < -0.4 is 0 Å². The summed E-state index contributed by atoms with van der Waals surface area (Å²) in [6, 6.07) is 0. The zero-order chi connectivity index (χ0) is 23.6. The fourth-order valence-electron chi connectivity index (χ4n) is 2.69. The molecule has 29 heavy (non-hydrogen) atoms. The van der Waals surface area contributed by atoms with E-state index in [2.05, 4.69) is 6.92 Å². The van der Waals surface area contributed by atoms with E-state index in [4.69, 9.17) is 30.6 Å². The van der Waals surface area contributed by atoms with Crippen molar-refractivity contribution >= 4 is 0 Å². The number of aliphatic hydroxyl groups is 6. The molecule has 0 aromatic rings. The van der Waals surface area contributed by atoms with E-state index in [0.29, 0.717) is 12.8 Å².